The molecule has 0 saturated heterocycles. The molecule has 0 rings (SSSR count). The Hall–Kier alpha value is -0.700. The molecule has 0 spiro atoms. The maximum Gasteiger partial charge on any atom is 0.131 e. The molecule has 7 heteroatoms. The Labute approximate surface area is 94.5 Å². The molecular weight excluding hydrogens is 220 g/mol. The summed E-state index contributed by atoms with van der Waals surface area (Å²) in [6, 6.07) is 0. The minimum atomic E-state index is 0.239. The van der Waals surface area contributed by atoms with Crippen molar-refractivity contribution in [3.63, 3.8) is 0 Å². The van der Waals surface area contributed by atoms with Gasteiger partial charge in [-0.15, -0.1) is 0 Å². The molecule has 0 aromatic heterocycles. The molecule has 0 aromatic rings. The molecule has 0 saturated carbocycles. The van der Waals surface area contributed by atoms with Crippen LogP contribution in [0.25, 0.3) is 0 Å². The second-order valence-electron chi connectivity index (χ2n) is 2.56. The summed E-state index contributed by atoms with van der Waals surface area (Å²) in [6.07, 6.45) is 3.77. The van der Waals surface area contributed by atoms with E-state index in [0.29, 0.717) is 19.8 Å². The zero-order chi connectivity index (χ0) is 11.9. The van der Waals surface area contributed by atoms with Crippen LogP contribution >= 0.6 is 0 Å². The van der Waals surface area contributed by atoms with Gasteiger partial charge in [-0.3, -0.25) is 0 Å². The van der Waals surface area contributed by atoms with Crippen LogP contribution in [0.5, 0.6) is 0 Å². The summed E-state index contributed by atoms with van der Waals surface area (Å²) in [5, 5.41) is 12.2. The van der Waals surface area contributed by atoms with Crippen molar-refractivity contribution >= 4 is 0 Å². The van der Waals surface area contributed by atoms with Crippen molar-refractivity contribution in [1.82, 2.24) is 0 Å². The van der Waals surface area contributed by atoms with E-state index >= 15 is 0 Å². The van der Waals surface area contributed by atoms with Crippen LogP contribution in [-0.4, -0.2) is 33.5 Å². The molecule has 0 aliphatic rings. The zero-order valence-corrected chi connectivity index (χ0v) is 9.55. The van der Waals surface area contributed by atoms with Crippen LogP contribution in [0.1, 0.15) is 13.3 Å². The smallest absolute Gasteiger partial charge is 0.131 e. The lowest BCUT2D eigenvalue weighted by molar-refractivity contribution is -0.700. The minimum absolute atomic E-state index is 0.239. The van der Waals surface area contributed by atoms with Gasteiger partial charge in [-0.1, -0.05) is 6.92 Å². The van der Waals surface area contributed by atoms with Crippen LogP contribution in [-0.2, 0) is 34.4 Å². The molecule has 0 N–H and O–H groups in total. The number of hydrogen-bond acceptors (Lipinski definition) is 7. The van der Waals surface area contributed by atoms with Gasteiger partial charge in [-0.2, -0.15) is 0 Å². The van der Waals surface area contributed by atoms with Crippen molar-refractivity contribution in [2.75, 3.05) is 33.5 Å². The fourth-order valence-corrected chi connectivity index (χ4v) is 0.618. The van der Waals surface area contributed by atoms with E-state index in [-0.39, 0.29) is 6.61 Å². The molecule has 0 unspecified atom stereocenters. The molecule has 0 radical (unpaired) electrons. The van der Waals surface area contributed by atoms with Crippen molar-refractivity contribution in [3.8, 4) is 0 Å². The van der Waals surface area contributed by atoms with Gasteiger partial charge in [0.2, 0.25) is 0 Å². The van der Waals surface area contributed by atoms with Gasteiger partial charge in [0.05, 0.1) is 13.2 Å². The Morgan fingerprint density at radius 3 is 2.62 bits per heavy atom. The highest BCUT2D eigenvalue weighted by molar-refractivity contribution is 4.70. The van der Waals surface area contributed by atoms with Crippen LogP contribution in [0.2, 0.25) is 0 Å². The summed E-state index contributed by atoms with van der Waals surface area (Å²) in [5.74, 6) is 0. The van der Waals surface area contributed by atoms with E-state index in [1.807, 2.05) is 6.92 Å². The van der Waals surface area contributed by atoms with E-state index in [1.165, 1.54) is 6.26 Å². The Kier molecular flexibility index (Phi) is 13.7. The van der Waals surface area contributed by atoms with Gasteiger partial charge in [0, 0.05) is 23.8 Å². The van der Waals surface area contributed by atoms with E-state index in [1.54, 1.807) is 13.2 Å². The van der Waals surface area contributed by atoms with E-state index < -0.39 is 0 Å². The molecule has 96 valence electrons. The Bertz CT molecular complexity index is 151. The molecule has 0 aliphatic carbocycles. The van der Waals surface area contributed by atoms with E-state index in [4.69, 9.17) is 9.47 Å². The molecular formula is C9H18O7. The number of methoxy groups -OCH3 is 1. The highest BCUT2D eigenvalue weighted by Crippen LogP contribution is 1.88. The molecule has 0 atom stereocenters. The lowest BCUT2D eigenvalue weighted by Crippen LogP contribution is -2.06. The maximum atomic E-state index is 5.10. The summed E-state index contributed by atoms with van der Waals surface area (Å²) >= 11 is 0. The summed E-state index contributed by atoms with van der Waals surface area (Å²) in [7, 11) is 1.55. The number of rotatable bonds is 12. The lowest BCUT2D eigenvalue weighted by atomic mass is 10.5. The Morgan fingerprint density at radius 2 is 1.88 bits per heavy atom. The minimum Gasteiger partial charge on any atom is -0.381 e. The van der Waals surface area contributed by atoms with Gasteiger partial charge < -0.3 is 14.4 Å². The van der Waals surface area contributed by atoms with Crippen molar-refractivity contribution in [1.29, 1.82) is 0 Å². The molecule has 16 heavy (non-hydrogen) atoms. The monoisotopic (exact) mass is 238 g/mol. The van der Waals surface area contributed by atoms with Crippen molar-refractivity contribution in [3.05, 3.63) is 12.3 Å². The average molecular weight is 238 g/mol. The molecule has 0 fully saturated rings. The van der Waals surface area contributed by atoms with Gasteiger partial charge in [0.25, 0.3) is 0 Å². The lowest BCUT2D eigenvalue weighted by Gasteiger charge is -2.01. The van der Waals surface area contributed by atoms with E-state index in [9.17, 15) is 0 Å². The molecule has 0 aliphatic heterocycles. The Balaban J connectivity index is 2.93. The summed E-state index contributed by atoms with van der Waals surface area (Å²) in [4.78, 5) is 8.87. The maximum absolute atomic E-state index is 5.10. The third-order valence-electron chi connectivity index (χ3n) is 1.22. The summed E-state index contributed by atoms with van der Waals surface area (Å²) in [6.45, 7) is 3.78. The molecule has 7 nitrogen and oxygen atoms in total. The third-order valence-corrected chi connectivity index (χ3v) is 1.22. The molecule has 0 heterocycles. The topological polar surface area (TPSA) is 64.6 Å². The normalized spacial score (nSPS) is 11.1. The van der Waals surface area contributed by atoms with Gasteiger partial charge in [-0.25, -0.2) is 4.89 Å². The fraction of sp³-hybridized carbons (Fsp3) is 0.778. The van der Waals surface area contributed by atoms with Crippen molar-refractivity contribution in [2.45, 2.75) is 13.3 Å². The highest BCUT2D eigenvalue weighted by atomic mass is 17.8. The second-order valence-corrected chi connectivity index (χ2v) is 2.56. The number of hydrogen-bond donors (Lipinski definition) is 0. The predicted molar refractivity (Wildman–Crippen MR) is 52.4 cm³/mol. The first-order valence-corrected chi connectivity index (χ1v) is 4.91. The average Bonchev–Trinajstić information content (AvgIpc) is 2.31. The molecule has 0 aromatic carbocycles. The molecule has 0 amide bonds. The van der Waals surface area contributed by atoms with Crippen LogP contribution in [0.3, 0.4) is 0 Å². The largest absolute Gasteiger partial charge is 0.381 e. The summed E-state index contributed by atoms with van der Waals surface area (Å²) < 4.78 is 9.80. The SMILES string of the molecule is CCCOCCOOOOO/C=C/COC. The first-order chi connectivity index (χ1) is 7.91. The fourth-order valence-electron chi connectivity index (χ4n) is 0.618. The zero-order valence-electron chi connectivity index (χ0n) is 9.55. The third kappa shape index (κ3) is 13.3. The van der Waals surface area contributed by atoms with E-state index in [0.717, 1.165) is 6.42 Å². The Morgan fingerprint density at radius 1 is 1.00 bits per heavy atom. The van der Waals surface area contributed by atoms with Gasteiger partial charge in [0.1, 0.15) is 12.9 Å². The van der Waals surface area contributed by atoms with Crippen LogP contribution < -0.4 is 0 Å². The molecule has 0 bridgehead atoms. The highest BCUT2D eigenvalue weighted by Gasteiger charge is 1.91. The first kappa shape index (κ1) is 15.3. The summed E-state index contributed by atoms with van der Waals surface area (Å²) in [5.41, 5.74) is 0. The quantitative estimate of drug-likeness (QED) is 0.220. The van der Waals surface area contributed by atoms with Gasteiger partial charge >= 0.3 is 0 Å². The van der Waals surface area contributed by atoms with Crippen LogP contribution in [0, 0.1) is 0 Å². The van der Waals surface area contributed by atoms with Gasteiger partial charge in [0.15, 0.2) is 0 Å². The van der Waals surface area contributed by atoms with Crippen molar-refractivity contribution < 1.29 is 34.4 Å². The van der Waals surface area contributed by atoms with E-state index in [2.05, 4.69) is 24.9 Å². The van der Waals surface area contributed by atoms with Gasteiger partial charge in [-0.05, 0) is 17.5 Å². The predicted octanol–water partition coefficient (Wildman–Crippen LogP) is 1.32. The standard InChI is InChI=1S/C9H18O7/c1-3-5-11-8-9-13-15-16-14-12-7-4-6-10-2/h4,7H,3,5-6,8-9H2,1-2H3/b7-4+. The second kappa shape index (κ2) is 14.3. The van der Waals surface area contributed by atoms with Crippen molar-refractivity contribution in [2.24, 2.45) is 0 Å². The van der Waals surface area contributed by atoms with Crippen LogP contribution in [0.4, 0.5) is 0 Å². The first-order valence-electron chi connectivity index (χ1n) is 4.91. The van der Waals surface area contributed by atoms with Crippen LogP contribution in [0.15, 0.2) is 12.3 Å². The number of ether oxygens (including phenoxy) is 2.